The third kappa shape index (κ3) is 4.59. The van der Waals surface area contributed by atoms with Crippen molar-refractivity contribution in [1.82, 2.24) is 0 Å². The zero-order valence-corrected chi connectivity index (χ0v) is 15.9. The lowest BCUT2D eigenvalue weighted by Gasteiger charge is -2.21. The third-order valence-corrected chi connectivity index (χ3v) is 6.80. The van der Waals surface area contributed by atoms with Gasteiger partial charge >= 0.3 is 0 Å². The molecule has 0 radical (unpaired) electrons. The molecule has 0 saturated heterocycles. The molecule has 1 nitrogen and oxygen atoms in total. The van der Waals surface area contributed by atoms with Gasteiger partial charge in [-0.2, -0.15) is 0 Å². The minimum atomic E-state index is 0.172. The Kier molecular flexibility index (Phi) is 6.35. The first-order valence-corrected chi connectivity index (χ1v) is 9.77. The van der Waals surface area contributed by atoms with Crippen LogP contribution in [0.25, 0.3) is 0 Å². The smallest absolute Gasteiger partial charge is 0.0701 e. The molecule has 0 aliphatic rings. The molecule has 2 N–H and O–H groups in total. The van der Waals surface area contributed by atoms with E-state index in [1.165, 1.54) is 19.1 Å². The van der Waals surface area contributed by atoms with Crippen LogP contribution in [0.4, 0.5) is 0 Å². The number of halogens is 1. The molecule has 0 fully saturated rings. The number of benzene rings is 1. The predicted molar refractivity (Wildman–Crippen MR) is 99.4 cm³/mol. The summed E-state index contributed by atoms with van der Waals surface area (Å²) in [7, 11) is 0. The van der Waals surface area contributed by atoms with Crippen LogP contribution in [-0.2, 0) is 0 Å². The summed E-state index contributed by atoms with van der Waals surface area (Å²) in [5.41, 5.74) is 7.74. The minimum absolute atomic E-state index is 0.172. The van der Waals surface area contributed by atoms with E-state index in [0.717, 1.165) is 6.42 Å². The lowest BCUT2D eigenvalue weighted by molar-refractivity contribution is 0.640. The van der Waals surface area contributed by atoms with Crippen LogP contribution >= 0.6 is 39.0 Å². The fourth-order valence-electron chi connectivity index (χ4n) is 2.13. The molecule has 1 heterocycles. The van der Waals surface area contributed by atoms with Gasteiger partial charge in [-0.25, -0.2) is 0 Å². The van der Waals surface area contributed by atoms with Gasteiger partial charge in [0, 0.05) is 15.8 Å². The van der Waals surface area contributed by atoms with Crippen molar-refractivity contribution >= 4 is 39.0 Å². The van der Waals surface area contributed by atoms with Gasteiger partial charge in [-0.1, -0.05) is 32.9 Å². The van der Waals surface area contributed by atoms with Gasteiger partial charge in [0.05, 0.1) is 9.04 Å². The lowest BCUT2D eigenvalue weighted by Crippen LogP contribution is -2.25. The number of hydrogen-bond donors (Lipinski definition) is 1. The Labute approximate surface area is 144 Å². The molecule has 0 bridgehead atoms. The van der Waals surface area contributed by atoms with Crippen LogP contribution in [-0.4, -0.2) is 6.04 Å². The van der Waals surface area contributed by atoms with Gasteiger partial charge in [0.1, 0.15) is 0 Å². The normalized spacial score (nSPS) is 14.4. The van der Waals surface area contributed by atoms with E-state index < -0.39 is 0 Å². The molecule has 2 aromatic rings. The maximum Gasteiger partial charge on any atom is 0.0701 e. The average Bonchev–Trinajstić information content (AvgIpc) is 2.90. The summed E-state index contributed by atoms with van der Waals surface area (Å²) >= 11 is 7.21. The van der Waals surface area contributed by atoms with E-state index in [4.69, 9.17) is 5.73 Å². The van der Waals surface area contributed by atoms with Crippen molar-refractivity contribution in [3.8, 4) is 0 Å². The Morgan fingerprint density at radius 3 is 2.29 bits per heavy atom. The molecule has 0 aliphatic heterocycles. The third-order valence-electron chi connectivity index (χ3n) is 3.54. The van der Waals surface area contributed by atoms with Crippen molar-refractivity contribution in [3.05, 3.63) is 50.6 Å². The Bertz CT molecular complexity index is 562. The molecule has 1 aromatic carbocycles. The molecule has 0 spiro atoms. The van der Waals surface area contributed by atoms with E-state index in [1.807, 2.05) is 11.8 Å². The first kappa shape index (κ1) is 17.1. The van der Waals surface area contributed by atoms with Gasteiger partial charge in [-0.15, -0.1) is 23.1 Å². The van der Waals surface area contributed by atoms with Crippen molar-refractivity contribution in [2.45, 2.75) is 49.3 Å². The summed E-state index contributed by atoms with van der Waals surface area (Å²) in [6.07, 6.45) is 0.983. The van der Waals surface area contributed by atoms with Gasteiger partial charge < -0.3 is 5.73 Å². The van der Waals surface area contributed by atoms with E-state index in [-0.39, 0.29) is 6.04 Å². The number of thioether (sulfide) groups is 1. The number of hydrogen-bond acceptors (Lipinski definition) is 3. The molecular weight excluding hydrogens is 362 g/mol. The molecule has 1 aromatic heterocycles. The summed E-state index contributed by atoms with van der Waals surface area (Å²) in [6, 6.07) is 13.4. The van der Waals surface area contributed by atoms with E-state index in [2.05, 4.69) is 73.1 Å². The summed E-state index contributed by atoms with van der Waals surface area (Å²) < 4.78 is 1.17. The standard InChI is InChI=1S/C17H22BrNS2/c1-4-14(19)17(15-9-10-16(18)21-15)20-13-7-5-12(6-8-13)11(2)3/h5-11,14,17H,4,19H2,1-3H3. The van der Waals surface area contributed by atoms with Crippen molar-refractivity contribution in [2.75, 3.05) is 0 Å². The summed E-state index contributed by atoms with van der Waals surface area (Å²) in [6.45, 7) is 6.60. The molecule has 2 rings (SSSR count). The van der Waals surface area contributed by atoms with Gasteiger partial charge in [-0.3, -0.25) is 0 Å². The fraction of sp³-hybridized carbons (Fsp3) is 0.412. The second-order valence-electron chi connectivity index (χ2n) is 5.48. The number of thiophene rings is 1. The molecule has 4 heteroatoms. The lowest BCUT2D eigenvalue weighted by atomic mass is 10.0. The van der Waals surface area contributed by atoms with E-state index in [0.29, 0.717) is 11.2 Å². The SMILES string of the molecule is CCC(N)C(Sc1ccc(C(C)C)cc1)c1ccc(Br)s1. The maximum atomic E-state index is 6.35. The largest absolute Gasteiger partial charge is 0.326 e. The van der Waals surface area contributed by atoms with Crippen molar-refractivity contribution in [2.24, 2.45) is 5.73 Å². The topological polar surface area (TPSA) is 26.0 Å². The van der Waals surface area contributed by atoms with Crippen LogP contribution in [0.3, 0.4) is 0 Å². The highest BCUT2D eigenvalue weighted by molar-refractivity contribution is 9.11. The highest BCUT2D eigenvalue weighted by Crippen LogP contribution is 2.42. The minimum Gasteiger partial charge on any atom is -0.326 e. The van der Waals surface area contributed by atoms with Gasteiger partial charge in [-0.05, 0) is 58.1 Å². The Morgan fingerprint density at radius 1 is 1.14 bits per heavy atom. The van der Waals surface area contributed by atoms with E-state index >= 15 is 0 Å². The molecule has 21 heavy (non-hydrogen) atoms. The zero-order valence-electron chi connectivity index (χ0n) is 12.7. The monoisotopic (exact) mass is 383 g/mol. The van der Waals surface area contributed by atoms with Crippen LogP contribution in [0.5, 0.6) is 0 Å². The van der Waals surface area contributed by atoms with Gasteiger partial charge in [0.2, 0.25) is 0 Å². The van der Waals surface area contributed by atoms with E-state index in [9.17, 15) is 0 Å². The van der Waals surface area contributed by atoms with Crippen LogP contribution < -0.4 is 5.73 Å². The molecule has 0 aliphatic carbocycles. The number of nitrogens with two attached hydrogens (primary N) is 1. The van der Waals surface area contributed by atoms with Crippen LogP contribution in [0, 0.1) is 0 Å². The highest BCUT2D eigenvalue weighted by Gasteiger charge is 2.21. The first-order valence-electron chi connectivity index (χ1n) is 7.28. The Balaban J connectivity index is 2.18. The van der Waals surface area contributed by atoms with Crippen molar-refractivity contribution in [3.63, 3.8) is 0 Å². The fourth-order valence-corrected chi connectivity index (χ4v) is 5.05. The molecule has 2 atom stereocenters. The van der Waals surface area contributed by atoms with Crippen LogP contribution in [0.2, 0.25) is 0 Å². The van der Waals surface area contributed by atoms with Gasteiger partial charge in [0.15, 0.2) is 0 Å². The van der Waals surface area contributed by atoms with Crippen LogP contribution in [0.15, 0.2) is 45.1 Å². The molecule has 0 saturated carbocycles. The maximum absolute atomic E-state index is 6.35. The van der Waals surface area contributed by atoms with Crippen molar-refractivity contribution < 1.29 is 0 Å². The van der Waals surface area contributed by atoms with Crippen LogP contribution in [0.1, 0.15) is 48.8 Å². The molecule has 0 amide bonds. The van der Waals surface area contributed by atoms with Gasteiger partial charge in [0.25, 0.3) is 0 Å². The zero-order chi connectivity index (χ0) is 15.4. The Morgan fingerprint density at radius 2 is 1.81 bits per heavy atom. The molecule has 2 unspecified atom stereocenters. The highest BCUT2D eigenvalue weighted by atomic mass is 79.9. The molecular formula is C17H22BrNS2. The quantitative estimate of drug-likeness (QED) is 0.600. The van der Waals surface area contributed by atoms with Crippen molar-refractivity contribution in [1.29, 1.82) is 0 Å². The summed E-state index contributed by atoms with van der Waals surface area (Å²) in [5.74, 6) is 0.575. The summed E-state index contributed by atoms with van der Waals surface area (Å²) in [5, 5.41) is 0.316. The van der Waals surface area contributed by atoms with E-state index in [1.54, 1.807) is 11.3 Å². The molecule has 114 valence electrons. The number of rotatable bonds is 6. The summed E-state index contributed by atoms with van der Waals surface area (Å²) in [4.78, 5) is 2.63. The first-order chi connectivity index (χ1) is 10.0. The average molecular weight is 384 g/mol. The second-order valence-corrected chi connectivity index (χ2v) is 9.19. The Hall–Kier alpha value is -0.290. The predicted octanol–water partition coefficient (Wildman–Crippen LogP) is 6.20. The second kappa shape index (κ2) is 7.82.